The van der Waals surface area contributed by atoms with Crippen LogP contribution in [0.25, 0.3) is 0 Å². The van der Waals surface area contributed by atoms with Crippen LogP contribution in [0, 0.1) is 0 Å². The molecule has 0 aliphatic heterocycles. The molecule has 0 saturated heterocycles. The van der Waals surface area contributed by atoms with Crippen molar-refractivity contribution in [3.8, 4) is 5.75 Å². The number of halogens is 1. The third-order valence-corrected chi connectivity index (χ3v) is 3.50. The highest BCUT2D eigenvalue weighted by Crippen LogP contribution is 2.15. The Balaban J connectivity index is 2.15. The average molecular weight is 317 g/mol. The van der Waals surface area contributed by atoms with Crippen LogP contribution in [0.15, 0.2) is 53.6 Å². The first-order chi connectivity index (χ1) is 10.7. The number of carbonyl (C=O) groups excluding carboxylic acids is 1. The number of hydrazone groups is 1. The van der Waals surface area contributed by atoms with Crippen molar-refractivity contribution in [3.63, 3.8) is 0 Å². The van der Waals surface area contributed by atoms with Gasteiger partial charge in [0.2, 0.25) is 0 Å². The molecule has 0 aliphatic rings. The maximum Gasteiger partial charge on any atom is 0.272 e. The number of hydrogen-bond donors (Lipinski definition) is 1. The van der Waals surface area contributed by atoms with E-state index in [2.05, 4.69) is 10.5 Å². The first-order valence-corrected chi connectivity index (χ1v) is 7.29. The minimum absolute atomic E-state index is 0.329. The van der Waals surface area contributed by atoms with Crippen LogP contribution in [0.2, 0.25) is 5.02 Å². The average Bonchev–Trinajstić information content (AvgIpc) is 2.56. The topological polar surface area (TPSA) is 50.7 Å². The monoisotopic (exact) mass is 316 g/mol. The minimum atomic E-state index is -0.329. The standard InChI is InChI=1S/C17H17ClN2O2/c1-3-16(12-8-10-13(22-2)11-9-12)19-20-17(21)14-6-4-5-7-15(14)18/h4-11H,3H2,1-2H3,(H,20,21)/b19-16+. The van der Waals surface area contributed by atoms with E-state index in [1.807, 2.05) is 31.2 Å². The number of hydrogen-bond acceptors (Lipinski definition) is 3. The predicted octanol–water partition coefficient (Wildman–Crippen LogP) is 3.89. The summed E-state index contributed by atoms with van der Waals surface area (Å²) in [7, 11) is 1.62. The van der Waals surface area contributed by atoms with Crippen LogP contribution in [0.5, 0.6) is 5.75 Å². The van der Waals surface area contributed by atoms with Gasteiger partial charge in [0.05, 0.1) is 23.4 Å². The van der Waals surface area contributed by atoms with Gasteiger partial charge < -0.3 is 4.74 Å². The van der Waals surface area contributed by atoms with Crippen LogP contribution in [0.1, 0.15) is 29.3 Å². The fourth-order valence-corrected chi connectivity index (χ4v) is 2.18. The number of ether oxygens (including phenoxy) is 1. The fraction of sp³-hybridized carbons (Fsp3) is 0.176. The Morgan fingerprint density at radius 3 is 2.45 bits per heavy atom. The van der Waals surface area contributed by atoms with Gasteiger partial charge in [-0.2, -0.15) is 5.10 Å². The largest absolute Gasteiger partial charge is 0.497 e. The fourth-order valence-electron chi connectivity index (χ4n) is 1.95. The third kappa shape index (κ3) is 3.86. The van der Waals surface area contributed by atoms with Crippen molar-refractivity contribution in [1.29, 1.82) is 0 Å². The maximum absolute atomic E-state index is 12.1. The number of carbonyl (C=O) groups is 1. The first-order valence-electron chi connectivity index (χ1n) is 6.91. The van der Waals surface area contributed by atoms with Gasteiger partial charge in [-0.25, -0.2) is 5.43 Å². The summed E-state index contributed by atoms with van der Waals surface area (Å²) in [5.74, 6) is 0.448. The van der Waals surface area contributed by atoms with Gasteiger partial charge in [-0.3, -0.25) is 4.79 Å². The molecule has 2 rings (SSSR count). The molecule has 0 unspecified atom stereocenters. The second-order valence-corrected chi connectivity index (χ2v) is 4.97. The molecule has 0 aromatic heterocycles. The summed E-state index contributed by atoms with van der Waals surface area (Å²) in [6.45, 7) is 1.98. The van der Waals surface area contributed by atoms with E-state index in [0.717, 1.165) is 17.0 Å². The molecule has 4 nitrogen and oxygen atoms in total. The molecule has 0 aliphatic carbocycles. The van der Waals surface area contributed by atoms with Gasteiger partial charge in [0, 0.05) is 0 Å². The predicted molar refractivity (Wildman–Crippen MR) is 88.7 cm³/mol. The van der Waals surface area contributed by atoms with E-state index in [1.165, 1.54) is 0 Å². The highest BCUT2D eigenvalue weighted by atomic mass is 35.5. The lowest BCUT2D eigenvalue weighted by atomic mass is 10.1. The molecular formula is C17H17ClN2O2. The summed E-state index contributed by atoms with van der Waals surface area (Å²) in [6, 6.07) is 14.4. The minimum Gasteiger partial charge on any atom is -0.497 e. The van der Waals surface area contributed by atoms with Crippen LogP contribution in [-0.4, -0.2) is 18.7 Å². The zero-order chi connectivity index (χ0) is 15.9. The number of nitrogens with one attached hydrogen (secondary N) is 1. The van der Waals surface area contributed by atoms with E-state index in [1.54, 1.807) is 31.4 Å². The summed E-state index contributed by atoms with van der Waals surface area (Å²) < 4.78 is 5.13. The number of rotatable bonds is 5. The zero-order valence-corrected chi connectivity index (χ0v) is 13.2. The van der Waals surface area contributed by atoms with Crippen LogP contribution in [0.3, 0.4) is 0 Å². The van der Waals surface area contributed by atoms with Crippen molar-refractivity contribution >= 4 is 23.2 Å². The van der Waals surface area contributed by atoms with Gasteiger partial charge >= 0.3 is 0 Å². The van der Waals surface area contributed by atoms with E-state index in [9.17, 15) is 4.79 Å². The Kier molecular flexibility index (Phi) is 5.55. The quantitative estimate of drug-likeness (QED) is 0.672. The Hall–Kier alpha value is -2.33. The Morgan fingerprint density at radius 1 is 1.18 bits per heavy atom. The van der Waals surface area contributed by atoms with Gasteiger partial charge in [-0.05, 0) is 48.4 Å². The molecule has 0 fully saturated rings. The summed E-state index contributed by atoms with van der Waals surface area (Å²) >= 11 is 6.00. The van der Waals surface area contributed by atoms with Crippen LogP contribution >= 0.6 is 11.6 Å². The Bertz CT molecular complexity index is 681. The lowest BCUT2D eigenvalue weighted by Crippen LogP contribution is -2.20. The molecule has 1 amide bonds. The summed E-state index contributed by atoms with van der Waals surface area (Å²) in [5, 5.41) is 4.60. The molecule has 22 heavy (non-hydrogen) atoms. The molecule has 0 atom stereocenters. The summed E-state index contributed by atoms with van der Waals surface area (Å²) in [4.78, 5) is 12.1. The molecule has 0 spiro atoms. The maximum atomic E-state index is 12.1. The van der Waals surface area contributed by atoms with Gasteiger partial charge in [-0.15, -0.1) is 0 Å². The Labute approximate surface area is 134 Å². The molecule has 2 aromatic rings. The number of benzene rings is 2. The number of amides is 1. The molecule has 1 N–H and O–H groups in total. The van der Waals surface area contributed by atoms with Crippen molar-refractivity contribution < 1.29 is 9.53 Å². The number of methoxy groups -OCH3 is 1. The van der Waals surface area contributed by atoms with Gasteiger partial charge in [0.15, 0.2) is 0 Å². The van der Waals surface area contributed by atoms with Crippen molar-refractivity contribution in [2.75, 3.05) is 7.11 Å². The van der Waals surface area contributed by atoms with Gasteiger partial charge in [0.1, 0.15) is 5.75 Å². The Morgan fingerprint density at radius 2 is 1.86 bits per heavy atom. The van der Waals surface area contributed by atoms with E-state index >= 15 is 0 Å². The molecule has 5 heteroatoms. The molecular weight excluding hydrogens is 300 g/mol. The van der Waals surface area contributed by atoms with Crippen LogP contribution in [-0.2, 0) is 0 Å². The highest BCUT2D eigenvalue weighted by Gasteiger charge is 2.09. The van der Waals surface area contributed by atoms with Crippen molar-refractivity contribution in [2.45, 2.75) is 13.3 Å². The van der Waals surface area contributed by atoms with Crippen molar-refractivity contribution in [2.24, 2.45) is 5.10 Å². The molecule has 0 radical (unpaired) electrons. The molecule has 0 saturated carbocycles. The highest BCUT2D eigenvalue weighted by molar-refractivity contribution is 6.33. The lowest BCUT2D eigenvalue weighted by Gasteiger charge is -2.07. The molecule has 114 valence electrons. The third-order valence-electron chi connectivity index (χ3n) is 3.17. The van der Waals surface area contributed by atoms with E-state index in [-0.39, 0.29) is 5.91 Å². The normalized spacial score (nSPS) is 11.1. The van der Waals surface area contributed by atoms with E-state index in [4.69, 9.17) is 16.3 Å². The smallest absolute Gasteiger partial charge is 0.272 e. The lowest BCUT2D eigenvalue weighted by molar-refractivity contribution is 0.0955. The van der Waals surface area contributed by atoms with Crippen LogP contribution < -0.4 is 10.2 Å². The molecule has 0 bridgehead atoms. The van der Waals surface area contributed by atoms with Crippen LogP contribution in [0.4, 0.5) is 0 Å². The molecule has 2 aromatic carbocycles. The second-order valence-electron chi connectivity index (χ2n) is 4.56. The van der Waals surface area contributed by atoms with Gasteiger partial charge in [-0.1, -0.05) is 30.7 Å². The first kappa shape index (κ1) is 16.0. The summed E-state index contributed by atoms with van der Waals surface area (Å²) in [6.07, 6.45) is 0.690. The SMILES string of the molecule is CC/C(=N\NC(=O)c1ccccc1Cl)c1ccc(OC)cc1. The number of nitrogens with zero attached hydrogens (tertiary/aromatic N) is 1. The molecule has 0 heterocycles. The van der Waals surface area contributed by atoms with Crippen molar-refractivity contribution in [1.82, 2.24) is 5.43 Å². The van der Waals surface area contributed by atoms with E-state index in [0.29, 0.717) is 17.0 Å². The summed E-state index contributed by atoms with van der Waals surface area (Å²) in [5.41, 5.74) is 4.67. The van der Waals surface area contributed by atoms with E-state index < -0.39 is 0 Å². The van der Waals surface area contributed by atoms with Gasteiger partial charge in [0.25, 0.3) is 5.91 Å². The zero-order valence-electron chi connectivity index (χ0n) is 12.5. The van der Waals surface area contributed by atoms with Crippen molar-refractivity contribution in [3.05, 3.63) is 64.7 Å². The second kappa shape index (κ2) is 7.61.